The zero-order chi connectivity index (χ0) is 25.9. The van der Waals surface area contributed by atoms with Gasteiger partial charge in [0.25, 0.3) is 0 Å². The van der Waals surface area contributed by atoms with Crippen molar-refractivity contribution in [2.45, 2.75) is 31.3 Å². The van der Waals surface area contributed by atoms with Gasteiger partial charge in [0.15, 0.2) is 5.78 Å². The number of aromatic nitrogens is 1. The Morgan fingerprint density at radius 3 is 2.50 bits per heavy atom. The number of aliphatic hydroxyl groups is 2. The molecule has 3 aromatic rings. The van der Waals surface area contributed by atoms with E-state index in [9.17, 15) is 14.3 Å². The Hall–Kier alpha value is -2.71. The zero-order valence-corrected chi connectivity index (χ0v) is 21.2. The van der Waals surface area contributed by atoms with E-state index in [2.05, 4.69) is 0 Å². The average Bonchev–Trinajstić information content (AvgIpc) is 3.74. The van der Waals surface area contributed by atoms with Crippen LogP contribution in [-0.4, -0.2) is 41.3 Å². The van der Waals surface area contributed by atoms with Crippen molar-refractivity contribution >= 4 is 29.0 Å². The highest BCUT2D eigenvalue weighted by Crippen LogP contribution is 2.49. The van der Waals surface area contributed by atoms with Crippen molar-refractivity contribution in [1.82, 2.24) is 4.98 Å². The third-order valence-electron chi connectivity index (χ3n) is 6.30. The molecule has 1 saturated carbocycles. The molecule has 0 aliphatic heterocycles. The molecule has 2 aromatic carbocycles. The topological polar surface area (TPSA) is 88.9 Å². The molecule has 0 radical (unpaired) electrons. The molecule has 9 heteroatoms. The van der Waals surface area contributed by atoms with Crippen LogP contribution >= 0.6 is 23.2 Å². The van der Waals surface area contributed by atoms with Gasteiger partial charge in [0, 0.05) is 17.5 Å². The number of rotatable bonds is 11. The lowest BCUT2D eigenvalue weighted by molar-refractivity contribution is -0.00110. The van der Waals surface area contributed by atoms with Crippen LogP contribution in [0.15, 0.2) is 48.5 Å². The second-order valence-electron chi connectivity index (χ2n) is 8.72. The number of pyridine rings is 1. The molecule has 1 aliphatic carbocycles. The summed E-state index contributed by atoms with van der Waals surface area (Å²) in [5.74, 6) is 0.0791. The van der Waals surface area contributed by atoms with Gasteiger partial charge >= 0.3 is 0 Å². The number of hydrogen-bond donors (Lipinski definition) is 2. The minimum absolute atomic E-state index is 0.0336. The predicted octanol–water partition coefficient (Wildman–Crippen LogP) is 5.83. The Balaban J connectivity index is 1.58. The molecule has 0 saturated heterocycles. The van der Waals surface area contributed by atoms with Gasteiger partial charge in [-0.3, -0.25) is 4.79 Å². The molecule has 1 unspecified atom stereocenters. The van der Waals surface area contributed by atoms with Gasteiger partial charge in [-0.15, -0.1) is 0 Å². The number of benzene rings is 2. The first-order chi connectivity index (χ1) is 17.3. The highest BCUT2D eigenvalue weighted by Gasteiger charge is 2.46. The van der Waals surface area contributed by atoms with Gasteiger partial charge in [-0.1, -0.05) is 23.2 Å². The zero-order valence-electron chi connectivity index (χ0n) is 19.6. The fraction of sp³-hybridized carbons (Fsp3) is 0.333. The molecule has 4 rings (SSSR count). The number of nitrogens with zero attached hydrogens (tertiary/aromatic N) is 1. The van der Waals surface area contributed by atoms with Crippen LogP contribution in [0.4, 0.5) is 4.39 Å². The molecule has 6 nitrogen and oxygen atoms in total. The fourth-order valence-electron chi connectivity index (χ4n) is 4.20. The van der Waals surface area contributed by atoms with Crippen molar-refractivity contribution in [1.29, 1.82) is 0 Å². The smallest absolute Gasteiger partial charge is 0.163 e. The second-order valence-corrected chi connectivity index (χ2v) is 9.53. The average molecular weight is 534 g/mol. The Kier molecular flexibility index (Phi) is 8.15. The van der Waals surface area contributed by atoms with Crippen LogP contribution in [0.25, 0.3) is 11.3 Å². The van der Waals surface area contributed by atoms with Crippen molar-refractivity contribution in [2.24, 2.45) is 5.92 Å². The van der Waals surface area contributed by atoms with E-state index in [1.165, 1.54) is 25.3 Å². The maximum Gasteiger partial charge on any atom is 0.163 e. The van der Waals surface area contributed by atoms with E-state index in [4.69, 9.17) is 42.8 Å². The van der Waals surface area contributed by atoms with Gasteiger partial charge in [0.05, 0.1) is 29.5 Å². The van der Waals surface area contributed by atoms with Crippen molar-refractivity contribution in [2.75, 3.05) is 20.3 Å². The SMILES string of the molecule is COc1ccc(C(O)(CCC(=O)c2ccc(OCCO)c(Cl)c2)C2CC2)nc1-c1ccc(F)c(Cl)c1. The molecule has 0 spiro atoms. The third-order valence-corrected chi connectivity index (χ3v) is 6.89. The summed E-state index contributed by atoms with van der Waals surface area (Å²) in [5, 5.41) is 20.9. The van der Waals surface area contributed by atoms with E-state index < -0.39 is 11.4 Å². The molecule has 1 aliphatic rings. The van der Waals surface area contributed by atoms with Crippen LogP contribution in [0.1, 0.15) is 41.7 Å². The number of ether oxygens (including phenoxy) is 2. The maximum atomic E-state index is 13.7. The van der Waals surface area contributed by atoms with Crippen LogP contribution < -0.4 is 9.47 Å². The summed E-state index contributed by atoms with van der Waals surface area (Å²) in [6.07, 6.45) is 1.88. The minimum Gasteiger partial charge on any atom is -0.494 e. The van der Waals surface area contributed by atoms with Crippen molar-refractivity contribution in [3.63, 3.8) is 0 Å². The molecule has 190 valence electrons. The standard InChI is InChI=1S/C27H26Cl2FNO5/c1-35-24-8-9-25(31-26(24)17-2-6-21(30)19(28)15-17)27(34,18-4-5-18)11-10-22(33)16-3-7-23(20(29)14-16)36-13-12-32/h2-3,6-9,14-15,18,32,34H,4-5,10-13H2,1H3. The highest BCUT2D eigenvalue weighted by atomic mass is 35.5. The molecular weight excluding hydrogens is 508 g/mol. The number of methoxy groups -OCH3 is 1. The van der Waals surface area contributed by atoms with Crippen LogP contribution in [-0.2, 0) is 5.60 Å². The molecule has 1 atom stereocenters. The normalized spacial score (nSPS) is 14.8. The number of Topliss-reactive ketones (excluding diaryl/α,β-unsaturated/α-hetero) is 1. The number of carbonyl (C=O) groups excluding carboxylic acids is 1. The summed E-state index contributed by atoms with van der Waals surface area (Å²) in [7, 11) is 1.50. The Bertz CT molecular complexity index is 1270. The summed E-state index contributed by atoms with van der Waals surface area (Å²) in [6, 6.07) is 12.4. The molecule has 2 N–H and O–H groups in total. The Morgan fingerprint density at radius 1 is 1.11 bits per heavy atom. The van der Waals surface area contributed by atoms with Crippen molar-refractivity contribution in [3.8, 4) is 22.8 Å². The predicted molar refractivity (Wildman–Crippen MR) is 135 cm³/mol. The van der Waals surface area contributed by atoms with E-state index in [1.54, 1.807) is 30.3 Å². The van der Waals surface area contributed by atoms with E-state index in [0.717, 1.165) is 12.8 Å². The van der Waals surface area contributed by atoms with Gasteiger partial charge in [-0.05, 0) is 73.7 Å². The lowest BCUT2D eigenvalue weighted by Gasteiger charge is -2.28. The second kappa shape index (κ2) is 11.1. The van der Waals surface area contributed by atoms with Gasteiger partial charge in [0.2, 0.25) is 0 Å². The third kappa shape index (κ3) is 5.65. The molecule has 0 amide bonds. The van der Waals surface area contributed by atoms with Gasteiger partial charge < -0.3 is 19.7 Å². The first kappa shape index (κ1) is 26.4. The maximum absolute atomic E-state index is 13.7. The summed E-state index contributed by atoms with van der Waals surface area (Å²) in [6.45, 7) is -0.0471. The fourth-order valence-corrected chi connectivity index (χ4v) is 4.62. The number of ketones is 1. The lowest BCUT2D eigenvalue weighted by Crippen LogP contribution is -2.30. The molecule has 1 fully saturated rings. The van der Waals surface area contributed by atoms with Crippen LogP contribution in [0.3, 0.4) is 0 Å². The summed E-state index contributed by atoms with van der Waals surface area (Å²) < 4.78 is 24.5. The summed E-state index contributed by atoms with van der Waals surface area (Å²) in [4.78, 5) is 17.7. The number of halogens is 3. The number of hydrogen-bond acceptors (Lipinski definition) is 6. The van der Waals surface area contributed by atoms with E-state index in [-0.39, 0.29) is 47.8 Å². The van der Waals surface area contributed by atoms with E-state index >= 15 is 0 Å². The largest absolute Gasteiger partial charge is 0.494 e. The molecule has 0 bridgehead atoms. The minimum atomic E-state index is -1.32. The van der Waals surface area contributed by atoms with Crippen molar-refractivity contribution < 1.29 is 28.9 Å². The highest BCUT2D eigenvalue weighted by molar-refractivity contribution is 6.32. The number of aliphatic hydroxyl groups excluding tert-OH is 1. The monoisotopic (exact) mass is 533 g/mol. The summed E-state index contributed by atoms with van der Waals surface area (Å²) in [5.41, 5.74) is 0.466. The lowest BCUT2D eigenvalue weighted by atomic mass is 9.86. The Morgan fingerprint density at radius 2 is 1.86 bits per heavy atom. The van der Waals surface area contributed by atoms with Gasteiger partial charge in [-0.25, -0.2) is 9.37 Å². The van der Waals surface area contributed by atoms with Crippen molar-refractivity contribution in [3.05, 3.63) is 75.7 Å². The van der Waals surface area contributed by atoms with Crippen LogP contribution in [0, 0.1) is 11.7 Å². The van der Waals surface area contributed by atoms with E-state index in [0.29, 0.717) is 34.0 Å². The summed E-state index contributed by atoms with van der Waals surface area (Å²) >= 11 is 12.2. The quantitative estimate of drug-likeness (QED) is 0.301. The van der Waals surface area contributed by atoms with Crippen LogP contribution in [0.2, 0.25) is 10.0 Å². The first-order valence-electron chi connectivity index (χ1n) is 11.6. The van der Waals surface area contributed by atoms with Crippen LogP contribution in [0.5, 0.6) is 11.5 Å². The van der Waals surface area contributed by atoms with E-state index in [1.807, 2.05) is 0 Å². The Labute approximate surface area is 218 Å². The molecule has 1 heterocycles. The molecule has 1 aromatic heterocycles. The first-order valence-corrected chi connectivity index (χ1v) is 12.3. The molecule has 36 heavy (non-hydrogen) atoms. The van der Waals surface area contributed by atoms with Gasteiger partial charge in [0.1, 0.15) is 35.2 Å². The molecular formula is C27H26Cl2FNO5. The number of carbonyl (C=O) groups is 1. The van der Waals surface area contributed by atoms with Gasteiger partial charge in [-0.2, -0.15) is 0 Å².